The molecule has 0 aromatic heterocycles. The third kappa shape index (κ3) is 5.50. The number of carbonyl (C=O) groups is 1. The van der Waals surface area contributed by atoms with Gasteiger partial charge in [0.1, 0.15) is 12.4 Å². The lowest BCUT2D eigenvalue weighted by molar-refractivity contribution is -0.139. The van der Waals surface area contributed by atoms with Crippen LogP contribution >= 0.6 is 12.2 Å². The lowest BCUT2D eigenvalue weighted by atomic mass is 10.0. The number of thiocarbonyl (C=S) groups is 1. The number of esters is 1. The van der Waals surface area contributed by atoms with E-state index in [1.807, 2.05) is 0 Å². The molecule has 0 aliphatic heterocycles. The van der Waals surface area contributed by atoms with Gasteiger partial charge in [0.15, 0.2) is 5.11 Å². The van der Waals surface area contributed by atoms with Crippen LogP contribution in [0, 0.1) is 5.82 Å². The number of aliphatic hydroxyl groups excluding tert-OH is 1. The Morgan fingerprint density at radius 3 is 2.65 bits per heavy atom. The maximum Gasteiger partial charge on any atom is 0.325 e. The summed E-state index contributed by atoms with van der Waals surface area (Å²) < 4.78 is 17.4. The molecule has 5 nitrogen and oxygen atoms in total. The molecule has 0 saturated carbocycles. The average Bonchev–Trinajstić information content (AvgIpc) is 2.45. The van der Waals surface area contributed by atoms with Gasteiger partial charge in [0, 0.05) is 6.61 Å². The molecule has 0 saturated heterocycles. The van der Waals surface area contributed by atoms with Crippen LogP contribution in [0.1, 0.15) is 18.0 Å². The van der Waals surface area contributed by atoms with Crippen LogP contribution in [0.3, 0.4) is 0 Å². The Morgan fingerprint density at radius 2 is 2.10 bits per heavy atom. The van der Waals surface area contributed by atoms with Gasteiger partial charge in [0.25, 0.3) is 0 Å². The van der Waals surface area contributed by atoms with E-state index in [4.69, 9.17) is 17.3 Å². The fraction of sp³-hybridized carbons (Fsp3) is 0.385. The maximum absolute atomic E-state index is 12.9. The zero-order valence-electron chi connectivity index (χ0n) is 11.1. The van der Waals surface area contributed by atoms with Gasteiger partial charge in [-0.3, -0.25) is 4.79 Å². The summed E-state index contributed by atoms with van der Waals surface area (Å²) >= 11 is 5.05. The van der Waals surface area contributed by atoms with Crippen molar-refractivity contribution in [2.45, 2.75) is 12.5 Å². The largest absolute Gasteiger partial charge is 0.468 e. The molecule has 1 rings (SSSR count). The number of aliphatic hydroxyl groups is 1. The second-order valence-electron chi connectivity index (χ2n) is 4.02. The van der Waals surface area contributed by atoms with Crippen LogP contribution in [0.25, 0.3) is 0 Å². The molecule has 1 aromatic rings. The van der Waals surface area contributed by atoms with Crippen molar-refractivity contribution >= 4 is 23.3 Å². The molecule has 110 valence electrons. The Bertz CT molecular complexity index is 453. The molecule has 7 heteroatoms. The van der Waals surface area contributed by atoms with Crippen molar-refractivity contribution in [1.29, 1.82) is 0 Å². The summed E-state index contributed by atoms with van der Waals surface area (Å²) in [5, 5.41) is 15.0. The quantitative estimate of drug-likeness (QED) is 0.535. The van der Waals surface area contributed by atoms with E-state index in [1.54, 1.807) is 12.1 Å². The van der Waals surface area contributed by atoms with E-state index < -0.39 is 5.97 Å². The first-order valence-electron chi connectivity index (χ1n) is 6.04. The number of hydrogen-bond acceptors (Lipinski definition) is 4. The van der Waals surface area contributed by atoms with Crippen LogP contribution in [0.4, 0.5) is 4.39 Å². The number of methoxy groups -OCH3 is 1. The lowest BCUT2D eigenvalue weighted by Gasteiger charge is -2.20. The van der Waals surface area contributed by atoms with Crippen LogP contribution in [-0.4, -0.2) is 36.4 Å². The van der Waals surface area contributed by atoms with Crippen molar-refractivity contribution in [3.05, 3.63) is 35.6 Å². The Labute approximate surface area is 122 Å². The highest BCUT2D eigenvalue weighted by Gasteiger charge is 2.13. The van der Waals surface area contributed by atoms with E-state index in [1.165, 1.54) is 19.2 Å². The van der Waals surface area contributed by atoms with Crippen molar-refractivity contribution in [2.24, 2.45) is 0 Å². The zero-order chi connectivity index (χ0) is 15.0. The first-order valence-corrected chi connectivity index (χ1v) is 6.45. The Balaban J connectivity index is 2.60. The SMILES string of the molecule is COC(=O)CNC(=S)N[C@H](CCO)c1ccc(F)cc1. The molecule has 0 aliphatic carbocycles. The minimum Gasteiger partial charge on any atom is -0.468 e. The molecule has 1 atom stereocenters. The van der Waals surface area contributed by atoms with Gasteiger partial charge in [0.05, 0.1) is 13.2 Å². The fourth-order valence-electron chi connectivity index (χ4n) is 1.58. The summed E-state index contributed by atoms with van der Waals surface area (Å²) in [5.74, 6) is -0.766. The first-order chi connectivity index (χ1) is 9.56. The number of hydrogen-bond donors (Lipinski definition) is 3. The molecule has 0 radical (unpaired) electrons. The summed E-state index contributed by atoms with van der Waals surface area (Å²) in [4.78, 5) is 11.0. The van der Waals surface area contributed by atoms with E-state index in [-0.39, 0.29) is 30.1 Å². The molecular weight excluding hydrogens is 283 g/mol. The molecule has 3 N–H and O–H groups in total. The number of halogens is 1. The second-order valence-corrected chi connectivity index (χ2v) is 4.43. The van der Waals surface area contributed by atoms with E-state index >= 15 is 0 Å². The van der Waals surface area contributed by atoms with E-state index in [9.17, 15) is 9.18 Å². The van der Waals surface area contributed by atoms with Crippen LogP contribution in [-0.2, 0) is 9.53 Å². The Kier molecular flexibility index (Phi) is 6.89. The van der Waals surface area contributed by atoms with E-state index in [0.29, 0.717) is 6.42 Å². The minimum atomic E-state index is -0.436. The Morgan fingerprint density at radius 1 is 1.45 bits per heavy atom. The highest BCUT2D eigenvalue weighted by atomic mass is 32.1. The summed E-state index contributed by atoms with van der Waals surface area (Å²) in [5.41, 5.74) is 0.794. The van der Waals surface area contributed by atoms with Crippen molar-refractivity contribution < 1.29 is 19.0 Å². The maximum atomic E-state index is 12.9. The van der Waals surface area contributed by atoms with Crippen molar-refractivity contribution in [2.75, 3.05) is 20.3 Å². The molecule has 0 bridgehead atoms. The molecule has 0 amide bonds. The average molecular weight is 300 g/mol. The molecule has 0 unspecified atom stereocenters. The van der Waals surface area contributed by atoms with Crippen LogP contribution in [0.2, 0.25) is 0 Å². The van der Waals surface area contributed by atoms with Crippen molar-refractivity contribution in [3.63, 3.8) is 0 Å². The van der Waals surface area contributed by atoms with Crippen LogP contribution < -0.4 is 10.6 Å². The highest BCUT2D eigenvalue weighted by molar-refractivity contribution is 7.80. The molecule has 0 spiro atoms. The van der Waals surface area contributed by atoms with Gasteiger partial charge >= 0.3 is 5.97 Å². The third-order valence-electron chi connectivity index (χ3n) is 2.62. The molecule has 0 heterocycles. The summed E-state index contributed by atoms with van der Waals surface area (Å²) in [6.07, 6.45) is 0.408. The smallest absolute Gasteiger partial charge is 0.325 e. The molecule has 20 heavy (non-hydrogen) atoms. The van der Waals surface area contributed by atoms with Gasteiger partial charge in [-0.05, 0) is 36.3 Å². The third-order valence-corrected chi connectivity index (χ3v) is 2.88. The predicted molar refractivity (Wildman–Crippen MR) is 76.6 cm³/mol. The topological polar surface area (TPSA) is 70.6 Å². The second kappa shape index (κ2) is 8.44. The summed E-state index contributed by atoms with van der Waals surface area (Å²) in [7, 11) is 1.29. The summed E-state index contributed by atoms with van der Waals surface area (Å²) in [6.45, 7) is -0.0910. The number of carbonyl (C=O) groups excluding carboxylic acids is 1. The number of rotatable bonds is 6. The van der Waals surface area contributed by atoms with Gasteiger partial charge in [-0.2, -0.15) is 0 Å². The summed E-state index contributed by atoms with van der Waals surface area (Å²) in [6, 6.07) is 5.65. The number of benzene rings is 1. The highest BCUT2D eigenvalue weighted by Crippen LogP contribution is 2.16. The fourth-order valence-corrected chi connectivity index (χ4v) is 1.79. The number of nitrogens with one attached hydrogen (secondary N) is 2. The van der Waals surface area contributed by atoms with Crippen molar-refractivity contribution in [1.82, 2.24) is 10.6 Å². The molecule has 0 aliphatic rings. The monoisotopic (exact) mass is 300 g/mol. The van der Waals surface area contributed by atoms with Crippen molar-refractivity contribution in [3.8, 4) is 0 Å². The molecule has 1 aromatic carbocycles. The predicted octanol–water partition coefficient (Wildman–Crippen LogP) is 0.886. The van der Waals surface area contributed by atoms with Crippen LogP contribution in [0.15, 0.2) is 24.3 Å². The van der Waals surface area contributed by atoms with Gasteiger partial charge < -0.3 is 20.5 Å². The minimum absolute atomic E-state index is 0.0441. The van der Waals surface area contributed by atoms with Gasteiger partial charge in [0.2, 0.25) is 0 Å². The van der Waals surface area contributed by atoms with Gasteiger partial charge in [-0.25, -0.2) is 4.39 Å². The van der Waals surface area contributed by atoms with E-state index in [0.717, 1.165) is 5.56 Å². The van der Waals surface area contributed by atoms with Gasteiger partial charge in [-0.15, -0.1) is 0 Å². The zero-order valence-corrected chi connectivity index (χ0v) is 11.9. The Hall–Kier alpha value is -1.73. The molecule has 0 fully saturated rings. The lowest BCUT2D eigenvalue weighted by Crippen LogP contribution is -2.40. The molecular formula is C13H17FN2O3S. The van der Waals surface area contributed by atoms with E-state index in [2.05, 4.69) is 15.4 Å². The standard InChI is InChI=1S/C13H17FN2O3S/c1-19-12(18)8-15-13(20)16-11(6-7-17)9-2-4-10(14)5-3-9/h2-5,11,17H,6-8H2,1H3,(H2,15,16,20)/t11-/m1/s1. The van der Waals surface area contributed by atoms with Gasteiger partial charge in [-0.1, -0.05) is 12.1 Å². The normalized spacial score (nSPS) is 11.6. The van der Waals surface area contributed by atoms with Crippen LogP contribution in [0.5, 0.6) is 0 Å². The first kappa shape index (κ1) is 16.3. The number of ether oxygens (including phenoxy) is 1.